The number of ether oxygens (including phenoxy) is 2. The number of rotatable bonds is 5. The van der Waals surface area contributed by atoms with Gasteiger partial charge in [-0.05, 0) is 31.6 Å². The lowest BCUT2D eigenvalue weighted by Crippen LogP contribution is -2.14. The van der Waals surface area contributed by atoms with Crippen LogP contribution in [-0.4, -0.2) is 11.9 Å². The molecular weight excluding hydrogens is 380 g/mol. The first-order valence-electron chi connectivity index (χ1n) is 8.02. The molecule has 0 amide bonds. The summed E-state index contributed by atoms with van der Waals surface area (Å²) in [4.78, 5) is 22.9. The van der Waals surface area contributed by atoms with Gasteiger partial charge in [0.1, 0.15) is 5.83 Å². The number of halogens is 4. The minimum Gasteiger partial charge on any atom is -0.420 e. The van der Waals surface area contributed by atoms with E-state index in [1.165, 1.54) is 13.8 Å². The van der Waals surface area contributed by atoms with E-state index in [-0.39, 0.29) is 16.7 Å². The zero-order valence-electron chi connectivity index (χ0n) is 15.1. The quantitative estimate of drug-likeness (QED) is 0.301. The van der Waals surface area contributed by atoms with E-state index in [2.05, 4.69) is 22.6 Å². The van der Waals surface area contributed by atoms with Crippen molar-refractivity contribution in [2.75, 3.05) is 0 Å². The minimum absolute atomic E-state index is 0.0229. The lowest BCUT2D eigenvalue weighted by Gasteiger charge is -2.20. The molecule has 0 aromatic heterocycles. The van der Waals surface area contributed by atoms with Crippen molar-refractivity contribution in [1.82, 2.24) is 0 Å². The van der Waals surface area contributed by atoms with Gasteiger partial charge < -0.3 is 9.47 Å². The van der Waals surface area contributed by atoms with Gasteiger partial charge in [-0.3, -0.25) is 0 Å². The second-order valence-electron chi connectivity index (χ2n) is 6.18. The van der Waals surface area contributed by atoms with Crippen LogP contribution in [0.15, 0.2) is 59.9 Å². The van der Waals surface area contributed by atoms with Crippen LogP contribution in [-0.2, 0) is 14.3 Å². The van der Waals surface area contributed by atoms with Crippen LogP contribution in [0.1, 0.15) is 31.7 Å². The molecule has 0 fully saturated rings. The Kier molecular flexibility index (Phi) is 6.23. The van der Waals surface area contributed by atoms with Crippen LogP contribution in [0.2, 0.25) is 0 Å². The predicted molar refractivity (Wildman–Crippen MR) is 92.4 cm³/mol. The molecule has 1 aliphatic rings. The summed E-state index contributed by atoms with van der Waals surface area (Å²) in [5, 5.41) is 0. The van der Waals surface area contributed by atoms with Gasteiger partial charge >= 0.3 is 11.9 Å². The molecule has 1 aromatic carbocycles. The highest BCUT2D eigenvalue weighted by Crippen LogP contribution is 2.39. The Hall–Kier alpha value is -3.16. The van der Waals surface area contributed by atoms with E-state index in [4.69, 9.17) is 0 Å². The van der Waals surface area contributed by atoms with Crippen molar-refractivity contribution in [3.63, 3.8) is 0 Å². The highest BCUT2D eigenvalue weighted by molar-refractivity contribution is 5.89. The molecule has 148 valence electrons. The first kappa shape index (κ1) is 21.1. The molecule has 0 spiro atoms. The van der Waals surface area contributed by atoms with Gasteiger partial charge in [0.25, 0.3) is 0 Å². The summed E-state index contributed by atoms with van der Waals surface area (Å²) in [5.74, 6) is -10.0. The molecule has 1 atom stereocenters. The van der Waals surface area contributed by atoms with Crippen molar-refractivity contribution >= 4 is 11.9 Å². The maximum Gasteiger partial charge on any atom is 0.338 e. The second kappa shape index (κ2) is 8.24. The van der Waals surface area contributed by atoms with Crippen molar-refractivity contribution < 1.29 is 36.6 Å². The number of benzene rings is 1. The summed E-state index contributed by atoms with van der Waals surface area (Å²) in [6, 6.07) is 2.02. The van der Waals surface area contributed by atoms with Crippen molar-refractivity contribution in [2.24, 2.45) is 0 Å². The molecule has 1 aromatic rings. The lowest BCUT2D eigenvalue weighted by atomic mass is 9.90. The van der Waals surface area contributed by atoms with Crippen molar-refractivity contribution in [2.45, 2.75) is 26.2 Å². The van der Waals surface area contributed by atoms with Gasteiger partial charge in [-0.25, -0.2) is 22.8 Å². The van der Waals surface area contributed by atoms with Gasteiger partial charge in [0.15, 0.2) is 23.2 Å². The lowest BCUT2D eigenvalue weighted by molar-refractivity contribution is -0.135. The van der Waals surface area contributed by atoms with Crippen LogP contribution in [0.3, 0.4) is 0 Å². The Morgan fingerprint density at radius 1 is 0.964 bits per heavy atom. The fourth-order valence-electron chi connectivity index (χ4n) is 2.31. The van der Waals surface area contributed by atoms with Gasteiger partial charge in [0, 0.05) is 23.5 Å². The van der Waals surface area contributed by atoms with Gasteiger partial charge in [-0.1, -0.05) is 19.2 Å². The largest absolute Gasteiger partial charge is 0.420 e. The SMILES string of the molecule is C=C(C)C(=O)OC1=C(F)CC(c2ccc(OC(=O)C(=C)C)c(F)c2F)C=C1F. The van der Waals surface area contributed by atoms with Crippen molar-refractivity contribution in [3.8, 4) is 5.75 Å². The summed E-state index contributed by atoms with van der Waals surface area (Å²) in [7, 11) is 0. The van der Waals surface area contributed by atoms with Crippen LogP contribution in [0, 0.1) is 11.6 Å². The van der Waals surface area contributed by atoms with Crippen LogP contribution >= 0.6 is 0 Å². The van der Waals surface area contributed by atoms with Gasteiger partial charge in [0.2, 0.25) is 5.82 Å². The molecule has 0 radical (unpaired) electrons. The van der Waals surface area contributed by atoms with E-state index < -0.39 is 59.1 Å². The molecule has 4 nitrogen and oxygen atoms in total. The van der Waals surface area contributed by atoms with E-state index in [0.29, 0.717) is 0 Å². The number of hydrogen-bond acceptors (Lipinski definition) is 4. The molecule has 0 bridgehead atoms. The third kappa shape index (κ3) is 4.39. The molecule has 0 saturated heterocycles. The molecule has 1 aliphatic carbocycles. The fraction of sp³-hybridized carbons (Fsp3) is 0.200. The fourth-order valence-corrected chi connectivity index (χ4v) is 2.31. The monoisotopic (exact) mass is 396 g/mol. The van der Waals surface area contributed by atoms with E-state index in [9.17, 15) is 27.2 Å². The molecule has 8 heteroatoms. The van der Waals surface area contributed by atoms with Crippen molar-refractivity contribution in [1.29, 1.82) is 0 Å². The van der Waals surface area contributed by atoms with E-state index in [1.807, 2.05) is 0 Å². The maximum atomic E-state index is 14.4. The summed E-state index contributed by atoms with van der Waals surface area (Å²) in [6.07, 6.45) is 0.245. The maximum absolute atomic E-state index is 14.4. The first-order chi connectivity index (χ1) is 13.0. The normalized spacial score (nSPS) is 16.4. The van der Waals surface area contributed by atoms with E-state index in [1.54, 1.807) is 0 Å². The average molecular weight is 396 g/mol. The number of allylic oxidation sites excluding steroid dienone is 3. The molecule has 0 N–H and O–H groups in total. The van der Waals surface area contributed by atoms with Crippen LogP contribution in [0.25, 0.3) is 0 Å². The number of carbonyl (C=O) groups excluding carboxylic acids is 2. The first-order valence-corrected chi connectivity index (χ1v) is 8.02. The molecular formula is C20H16F4O4. The highest BCUT2D eigenvalue weighted by Gasteiger charge is 2.30. The zero-order valence-corrected chi connectivity index (χ0v) is 15.1. The standard InChI is InChI=1S/C20H16F4O4/c1-9(2)19(25)27-15-6-5-12(16(23)17(15)24)11-7-13(21)18(14(22)8-11)28-20(26)10(3)4/h5-7,11H,1,3,8H2,2,4H3. The summed E-state index contributed by atoms with van der Waals surface area (Å²) in [6.45, 7) is 9.25. The molecule has 28 heavy (non-hydrogen) atoms. The molecule has 0 heterocycles. The van der Waals surface area contributed by atoms with Crippen LogP contribution < -0.4 is 4.74 Å². The van der Waals surface area contributed by atoms with E-state index >= 15 is 0 Å². The predicted octanol–water partition coefficient (Wildman–Crippen LogP) is 5.09. The number of esters is 2. The smallest absolute Gasteiger partial charge is 0.338 e. The third-order valence-electron chi connectivity index (χ3n) is 3.78. The Labute approximate surface area is 158 Å². The third-order valence-corrected chi connectivity index (χ3v) is 3.78. The van der Waals surface area contributed by atoms with Crippen molar-refractivity contribution in [3.05, 3.63) is 77.1 Å². The Balaban J connectivity index is 2.30. The Morgan fingerprint density at radius 2 is 1.54 bits per heavy atom. The summed E-state index contributed by atoms with van der Waals surface area (Å²) < 4.78 is 66.3. The second-order valence-corrected chi connectivity index (χ2v) is 6.18. The number of hydrogen-bond donors (Lipinski definition) is 0. The van der Waals surface area contributed by atoms with Gasteiger partial charge in [-0.15, -0.1) is 0 Å². The average Bonchev–Trinajstić information content (AvgIpc) is 2.61. The van der Waals surface area contributed by atoms with Crippen LogP contribution in [0.5, 0.6) is 5.75 Å². The van der Waals surface area contributed by atoms with Gasteiger partial charge in [-0.2, -0.15) is 4.39 Å². The van der Waals surface area contributed by atoms with E-state index in [0.717, 1.165) is 18.2 Å². The number of carbonyl (C=O) groups is 2. The minimum atomic E-state index is -1.48. The summed E-state index contributed by atoms with van der Waals surface area (Å²) in [5.41, 5.74) is -0.448. The Morgan fingerprint density at radius 3 is 2.07 bits per heavy atom. The molecule has 0 saturated carbocycles. The zero-order chi connectivity index (χ0) is 21.2. The molecule has 1 unspecified atom stereocenters. The van der Waals surface area contributed by atoms with Crippen LogP contribution in [0.4, 0.5) is 17.6 Å². The Bertz CT molecular complexity index is 944. The molecule has 2 rings (SSSR count). The highest BCUT2D eigenvalue weighted by atomic mass is 19.2. The summed E-state index contributed by atoms with van der Waals surface area (Å²) >= 11 is 0. The molecule has 0 aliphatic heterocycles. The van der Waals surface area contributed by atoms with Gasteiger partial charge in [0.05, 0.1) is 0 Å². The topological polar surface area (TPSA) is 52.6 Å².